The molecule has 7 nitrogen and oxygen atoms in total. The quantitative estimate of drug-likeness (QED) is 0.599. The zero-order valence-corrected chi connectivity index (χ0v) is 18.3. The second-order valence-corrected chi connectivity index (χ2v) is 8.97. The fourth-order valence-corrected chi connectivity index (χ4v) is 3.37. The molecule has 1 amide bonds. The zero-order chi connectivity index (χ0) is 22.1. The summed E-state index contributed by atoms with van der Waals surface area (Å²) in [4.78, 5) is 31.4. The molecule has 1 aromatic carbocycles. The minimum atomic E-state index is -0.710. The van der Waals surface area contributed by atoms with Gasteiger partial charge in [0.15, 0.2) is 0 Å². The van der Waals surface area contributed by atoms with E-state index in [-0.39, 0.29) is 11.5 Å². The average molecular weight is 428 g/mol. The Hall–Kier alpha value is -2.93. The Balaban J connectivity index is 2.00. The molecule has 0 aliphatic heterocycles. The molecular weight excluding hydrogens is 402 g/mol. The number of H-pyrrole nitrogens is 1. The van der Waals surface area contributed by atoms with Gasteiger partial charge in [-0.25, -0.2) is 4.98 Å². The second kappa shape index (κ2) is 8.44. The van der Waals surface area contributed by atoms with Crippen LogP contribution in [-0.2, 0) is 17.8 Å². The van der Waals surface area contributed by atoms with Gasteiger partial charge in [0.2, 0.25) is 5.91 Å². The molecule has 0 saturated heterocycles. The first kappa shape index (κ1) is 21.8. The molecule has 0 spiro atoms. The number of nitrogens with zero attached hydrogens (tertiary/aromatic N) is 3. The molecular formula is C22H26ClN5O2. The number of primary amides is 1. The Bertz CT molecular complexity index is 1130. The number of aromatic nitrogens is 4. The Labute approximate surface area is 180 Å². The number of carbonyl (C=O) groups is 1. The van der Waals surface area contributed by atoms with Crippen LogP contribution in [0.1, 0.15) is 33.3 Å². The van der Waals surface area contributed by atoms with E-state index in [1.54, 1.807) is 26.1 Å². The molecule has 0 unspecified atom stereocenters. The van der Waals surface area contributed by atoms with E-state index in [1.165, 1.54) is 6.07 Å². The number of hydrogen-bond donors (Lipinski definition) is 2. The van der Waals surface area contributed by atoms with Crippen molar-refractivity contribution in [3.8, 4) is 22.6 Å². The van der Waals surface area contributed by atoms with Gasteiger partial charge in [-0.2, -0.15) is 5.10 Å². The number of rotatable bonds is 7. The van der Waals surface area contributed by atoms with Gasteiger partial charge in [0.1, 0.15) is 5.82 Å². The van der Waals surface area contributed by atoms with Crippen molar-refractivity contribution in [2.45, 2.75) is 40.7 Å². The van der Waals surface area contributed by atoms with Crippen molar-refractivity contribution in [3.63, 3.8) is 0 Å². The van der Waals surface area contributed by atoms with Gasteiger partial charge in [0, 0.05) is 35.3 Å². The van der Waals surface area contributed by atoms with Gasteiger partial charge in [-0.05, 0) is 30.0 Å². The first-order valence-corrected chi connectivity index (χ1v) is 10.2. The molecule has 0 fully saturated rings. The molecule has 0 radical (unpaired) electrons. The van der Waals surface area contributed by atoms with Crippen LogP contribution in [0.4, 0.5) is 0 Å². The highest BCUT2D eigenvalue weighted by atomic mass is 35.5. The molecule has 0 atom stereocenters. The van der Waals surface area contributed by atoms with Crippen molar-refractivity contribution in [2.75, 3.05) is 0 Å². The molecule has 3 N–H and O–H groups in total. The van der Waals surface area contributed by atoms with Crippen molar-refractivity contribution >= 4 is 17.5 Å². The van der Waals surface area contributed by atoms with Crippen LogP contribution in [0.3, 0.4) is 0 Å². The maximum absolute atomic E-state index is 12.3. The highest BCUT2D eigenvalue weighted by Gasteiger charge is 2.25. The van der Waals surface area contributed by atoms with Gasteiger partial charge in [-0.3, -0.25) is 14.3 Å². The molecule has 0 saturated carbocycles. The van der Waals surface area contributed by atoms with Crippen LogP contribution in [-0.4, -0.2) is 25.7 Å². The summed E-state index contributed by atoms with van der Waals surface area (Å²) in [6.45, 7) is 8.58. The topological polar surface area (TPSA) is 107 Å². The van der Waals surface area contributed by atoms with Crippen molar-refractivity contribution in [2.24, 2.45) is 17.1 Å². The van der Waals surface area contributed by atoms with Gasteiger partial charge in [0.05, 0.1) is 16.9 Å². The number of amides is 1. The lowest BCUT2D eigenvalue weighted by Gasteiger charge is -2.20. The summed E-state index contributed by atoms with van der Waals surface area (Å²) >= 11 is 6.41. The summed E-state index contributed by atoms with van der Waals surface area (Å²) in [6, 6.07) is 6.84. The monoisotopic (exact) mass is 427 g/mol. The molecule has 3 rings (SSSR count). The van der Waals surface area contributed by atoms with Gasteiger partial charge < -0.3 is 10.7 Å². The normalized spacial score (nSPS) is 11.8. The molecule has 2 aromatic heterocycles. The van der Waals surface area contributed by atoms with E-state index in [0.717, 1.165) is 17.7 Å². The molecule has 8 heteroatoms. The number of halogens is 1. The van der Waals surface area contributed by atoms with Gasteiger partial charge in [-0.1, -0.05) is 45.4 Å². The highest BCUT2D eigenvalue weighted by molar-refractivity contribution is 6.33. The van der Waals surface area contributed by atoms with E-state index < -0.39 is 5.41 Å². The van der Waals surface area contributed by atoms with E-state index >= 15 is 0 Å². The van der Waals surface area contributed by atoms with Crippen LogP contribution in [0.25, 0.3) is 22.6 Å². The fourth-order valence-electron chi connectivity index (χ4n) is 3.16. The SMILES string of the molecule is CC(C)Cn1cc(-c2cc(=O)[nH]c(-c3cc(CC(C)(C)C(N)=O)ccc3Cl)n2)cn1. The summed E-state index contributed by atoms with van der Waals surface area (Å²) in [5.74, 6) is 0.426. The molecule has 158 valence electrons. The van der Waals surface area contributed by atoms with Crippen LogP contribution >= 0.6 is 11.6 Å². The molecule has 0 aliphatic carbocycles. The van der Waals surface area contributed by atoms with E-state index in [1.807, 2.05) is 23.0 Å². The van der Waals surface area contributed by atoms with Crippen LogP contribution < -0.4 is 11.3 Å². The predicted molar refractivity (Wildman–Crippen MR) is 118 cm³/mol. The summed E-state index contributed by atoms with van der Waals surface area (Å²) in [6.07, 6.45) is 4.01. The first-order valence-electron chi connectivity index (χ1n) is 9.78. The molecule has 0 aliphatic rings. The van der Waals surface area contributed by atoms with Crippen molar-refractivity contribution in [1.29, 1.82) is 0 Å². The zero-order valence-electron chi connectivity index (χ0n) is 17.6. The number of nitrogens with one attached hydrogen (secondary N) is 1. The number of carbonyl (C=O) groups excluding carboxylic acids is 1. The van der Waals surface area contributed by atoms with E-state index in [2.05, 4.69) is 28.9 Å². The Morgan fingerprint density at radius 2 is 2.03 bits per heavy atom. The number of benzene rings is 1. The smallest absolute Gasteiger partial charge is 0.251 e. The average Bonchev–Trinajstić information content (AvgIpc) is 3.10. The van der Waals surface area contributed by atoms with Gasteiger partial charge in [-0.15, -0.1) is 0 Å². The highest BCUT2D eigenvalue weighted by Crippen LogP contribution is 2.30. The van der Waals surface area contributed by atoms with Crippen molar-refractivity contribution < 1.29 is 4.79 Å². The third-order valence-corrected chi connectivity index (χ3v) is 5.15. The second-order valence-electron chi connectivity index (χ2n) is 8.56. The first-order chi connectivity index (χ1) is 14.0. The maximum Gasteiger partial charge on any atom is 0.251 e. The number of hydrogen-bond acceptors (Lipinski definition) is 4. The third kappa shape index (κ3) is 4.97. The summed E-state index contributed by atoms with van der Waals surface area (Å²) < 4.78 is 1.84. The lowest BCUT2D eigenvalue weighted by Crippen LogP contribution is -2.33. The lowest BCUT2D eigenvalue weighted by molar-refractivity contribution is -0.125. The largest absolute Gasteiger partial charge is 0.369 e. The number of aromatic amines is 1. The number of nitrogens with two attached hydrogens (primary N) is 1. The molecule has 30 heavy (non-hydrogen) atoms. The van der Waals surface area contributed by atoms with Crippen LogP contribution in [0.2, 0.25) is 5.02 Å². The predicted octanol–water partition coefficient (Wildman–Crippen LogP) is 3.66. The fraction of sp³-hybridized carbons (Fsp3) is 0.364. The Morgan fingerprint density at radius 3 is 2.70 bits per heavy atom. The third-order valence-electron chi connectivity index (χ3n) is 4.82. The summed E-state index contributed by atoms with van der Waals surface area (Å²) in [7, 11) is 0. The Kier molecular flexibility index (Phi) is 6.12. The minimum absolute atomic E-state index is 0.287. The van der Waals surface area contributed by atoms with Gasteiger partial charge in [0.25, 0.3) is 5.56 Å². The van der Waals surface area contributed by atoms with Crippen molar-refractivity contribution in [3.05, 3.63) is 57.6 Å². The van der Waals surface area contributed by atoms with E-state index in [0.29, 0.717) is 34.4 Å². The van der Waals surface area contributed by atoms with Crippen molar-refractivity contribution in [1.82, 2.24) is 19.7 Å². The van der Waals surface area contributed by atoms with Crippen LogP contribution in [0.5, 0.6) is 0 Å². The summed E-state index contributed by atoms with van der Waals surface area (Å²) in [5.41, 5.74) is 7.23. The summed E-state index contributed by atoms with van der Waals surface area (Å²) in [5, 5.41) is 4.80. The van der Waals surface area contributed by atoms with E-state index in [9.17, 15) is 9.59 Å². The maximum atomic E-state index is 12.3. The van der Waals surface area contributed by atoms with Crippen LogP contribution in [0.15, 0.2) is 41.5 Å². The van der Waals surface area contributed by atoms with Crippen LogP contribution in [0, 0.1) is 11.3 Å². The molecule has 3 aromatic rings. The standard InChI is InChI=1S/C22H26ClN5O2/c1-13(2)11-28-12-15(10-25-28)18-8-19(29)27-20(26-18)16-7-14(5-6-17(16)23)9-22(3,4)21(24)30/h5-8,10,12-13H,9,11H2,1-4H3,(H2,24,30)(H,26,27,29). The van der Waals surface area contributed by atoms with E-state index in [4.69, 9.17) is 17.3 Å². The van der Waals surface area contributed by atoms with Gasteiger partial charge >= 0.3 is 0 Å². The molecule has 2 heterocycles. The molecule has 0 bridgehead atoms. The lowest BCUT2D eigenvalue weighted by atomic mass is 9.85. The Morgan fingerprint density at radius 1 is 1.30 bits per heavy atom. The minimum Gasteiger partial charge on any atom is -0.369 e.